The van der Waals surface area contributed by atoms with Crippen molar-refractivity contribution in [3.8, 4) is 0 Å². The average Bonchev–Trinajstić information content (AvgIpc) is 2.19. The van der Waals surface area contributed by atoms with E-state index < -0.39 is 6.10 Å². The van der Waals surface area contributed by atoms with Crippen LogP contribution in [-0.2, 0) is 0 Å². The van der Waals surface area contributed by atoms with Gasteiger partial charge in [0, 0.05) is 6.54 Å². The molecule has 78 valence electrons. The zero-order valence-corrected chi connectivity index (χ0v) is 8.68. The summed E-state index contributed by atoms with van der Waals surface area (Å²) in [7, 11) is 0. The van der Waals surface area contributed by atoms with E-state index in [0.717, 1.165) is 0 Å². The second-order valence-corrected chi connectivity index (χ2v) is 3.47. The first-order valence-corrected chi connectivity index (χ1v) is 4.88. The Labute approximate surface area is 87.7 Å². The normalized spacial score (nSPS) is 12.6. The van der Waals surface area contributed by atoms with E-state index in [4.69, 9.17) is 11.6 Å². The molecule has 0 aliphatic rings. The Bertz CT molecular complexity index is 306. The number of aliphatic hydroxyl groups is 1. The highest BCUT2D eigenvalue weighted by molar-refractivity contribution is 6.33. The summed E-state index contributed by atoms with van der Waals surface area (Å²) < 4.78 is 12.8. The zero-order chi connectivity index (χ0) is 10.6. The molecule has 0 radical (unpaired) electrons. The van der Waals surface area contributed by atoms with Gasteiger partial charge in [-0.1, -0.05) is 18.5 Å². The van der Waals surface area contributed by atoms with Crippen LogP contribution in [0.2, 0.25) is 5.02 Å². The van der Waals surface area contributed by atoms with Crippen LogP contribution in [-0.4, -0.2) is 17.8 Å². The number of anilines is 1. The molecule has 0 aromatic heterocycles. The quantitative estimate of drug-likeness (QED) is 0.813. The summed E-state index contributed by atoms with van der Waals surface area (Å²) in [4.78, 5) is 0. The minimum absolute atomic E-state index is 0.345. The van der Waals surface area contributed by atoms with Crippen LogP contribution < -0.4 is 5.32 Å². The van der Waals surface area contributed by atoms with Crippen LogP contribution in [0, 0.1) is 5.82 Å². The van der Waals surface area contributed by atoms with Crippen LogP contribution in [0.25, 0.3) is 0 Å². The van der Waals surface area contributed by atoms with E-state index >= 15 is 0 Å². The van der Waals surface area contributed by atoms with Crippen molar-refractivity contribution in [3.63, 3.8) is 0 Å². The van der Waals surface area contributed by atoms with Crippen molar-refractivity contribution in [3.05, 3.63) is 29.0 Å². The summed E-state index contributed by atoms with van der Waals surface area (Å²) >= 11 is 5.81. The maximum absolute atomic E-state index is 12.8. The lowest BCUT2D eigenvalue weighted by Gasteiger charge is -2.11. The van der Waals surface area contributed by atoms with Crippen LogP contribution in [0.4, 0.5) is 10.1 Å². The molecule has 0 saturated heterocycles. The third-order valence-corrected chi connectivity index (χ3v) is 2.26. The summed E-state index contributed by atoms with van der Waals surface area (Å²) in [5.41, 5.74) is 0.513. The molecule has 1 aromatic rings. The topological polar surface area (TPSA) is 32.3 Å². The van der Waals surface area contributed by atoms with Gasteiger partial charge >= 0.3 is 0 Å². The Morgan fingerprint density at radius 3 is 2.93 bits per heavy atom. The van der Waals surface area contributed by atoms with Gasteiger partial charge in [0.2, 0.25) is 0 Å². The van der Waals surface area contributed by atoms with Gasteiger partial charge in [-0.2, -0.15) is 0 Å². The summed E-state index contributed by atoms with van der Waals surface area (Å²) in [5, 5.41) is 12.6. The molecule has 0 heterocycles. The van der Waals surface area contributed by atoms with Crippen LogP contribution in [0.1, 0.15) is 13.3 Å². The molecule has 2 N–H and O–H groups in total. The minimum Gasteiger partial charge on any atom is -0.391 e. The molecular formula is C10H13ClFNO. The summed E-state index contributed by atoms with van der Waals surface area (Å²) in [5.74, 6) is -0.345. The Morgan fingerprint density at radius 1 is 1.57 bits per heavy atom. The van der Waals surface area contributed by atoms with Crippen molar-refractivity contribution in [2.75, 3.05) is 11.9 Å². The molecule has 1 rings (SSSR count). The van der Waals surface area contributed by atoms with E-state index in [-0.39, 0.29) is 5.82 Å². The van der Waals surface area contributed by atoms with Gasteiger partial charge in [0.1, 0.15) is 5.82 Å². The Hall–Kier alpha value is -0.800. The zero-order valence-electron chi connectivity index (χ0n) is 7.93. The van der Waals surface area contributed by atoms with E-state index in [1.165, 1.54) is 18.2 Å². The highest BCUT2D eigenvalue weighted by Crippen LogP contribution is 2.22. The number of nitrogens with one attached hydrogen (secondary N) is 1. The van der Waals surface area contributed by atoms with Gasteiger partial charge in [-0.25, -0.2) is 4.39 Å². The third kappa shape index (κ3) is 3.16. The first kappa shape index (κ1) is 11.3. The van der Waals surface area contributed by atoms with E-state index in [9.17, 15) is 9.50 Å². The molecule has 0 aliphatic heterocycles. The fourth-order valence-electron chi connectivity index (χ4n) is 1.01. The second-order valence-electron chi connectivity index (χ2n) is 3.07. The summed E-state index contributed by atoms with van der Waals surface area (Å²) in [6, 6.07) is 4.09. The number of aliphatic hydroxyl groups excluding tert-OH is 1. The predicted octanol–water partition coefficient (Wildman–Crippen LogP) is 2.66. The molecule has 1 aromatic carbocycles. The van der Waals surface area contributed by atoms with Gasteiger partial charge in [0.15, 0.2) is 0 Å². The van der Waals surface area contributed by atoms with Gasteiger partial charge in [0.25, 0.3) is 0 Å². The molecule has 0 saturated carbocycles. The van der Waals surface area contributed by atoms with E-state index in [0.29, 0.717) is 23.7 Å². The van der Waals surface area contributed by atoms with Gasteiger partial charge < -0.3 is 10.4 Å². The second kappa shape index (κ2) is 5.17. The van der Waals surface area contributed by atoms with Crippen molar-refractivity contribution in [2.24, 2.45) is 0 Å². The van der Waals surface area contributed by atoms with Crippen LogP contribution in [0.15, 0.2) is 18.2 Å². The van der Waals surface area contributed by atoms with Crippen LogP contribution >= 0.6 is 11.6 Å². The lowest BCUT2D eigenvalue weighted by molar-refractivity contribution is 0.183. The van der Waals surface area contributed by atoms with Crippen molar-refractivity contribution in [2.45, 2.75) is 19.4 Å². The van der Waals surface area contributed by atoms with Gasteiger partial charge in [-0.15, -0.1) is 0 Å². The Kier molecular flexibility index (Phi) is 4.17. The van der Waals surface area contributed by atoms with E-state index in [1.807, 2.05) is 6.92 Å². The number of benzene rings is 1. The molecule has 0 aliphatic carbocycles. The Morgan fingerprint density at radius 2 is 2.29 bits per heavy atom. The molecule has 0 fully saturated rings. The number of halogens is 2. The molecule has 0 bridgehead atoms. The lowest BCUT2D eigenvalue weighted by atomic mass is 10.2. The van der Waals surface area contributed by atoms with Crippen LogP contribution in [0.3, 0.4) is 0 Å². The number of hydrogen-bond acceptors (Lipinski definition) is 2. The fourth-order valence-corrected chi connectivity index (χ4v) is 1.19. The number of rotatable bonds is 4. The van der Waals surface area contributed by atoms with Crippen molar-refractivity contribution in [1.29, 1.82) is 0 Å². The SMILES string of the molecule is CCC(O)CNc1cc(F)ccc1Cl. The summed E-state index contributed by atoms with van der Waals surface area (Å²) in [6.45, 7) is 2.25. The highest BCUT2D eigenvalue weighted by Gasteiger charge is 2.04. The first-order chi connectivity index (χ1) is 6.63. The first-order valence-electron chi connectivity index (χ1n) is 4.50. The maximum atomic E-state index is 12.8. The molecule has 2 nitrogen and oxygen atoms in total. The van der Waals surface area contributed by atoms with Crippen molar-refractivity contribution < 1.29 is 9.50 Å². The van der Waals surface area contributed by atoms with Gasteiger partial charge in [0.05, 0.1) is 16.8 Å². The van der Waals surface area contributed by atoms with E-state index in [2.05, 4.69) is 5.32 Å². The lowest BCUT2D eigenvalue weighted by Crippen LogP contribution is -2.18. The molecule has 14 heavy (non-hydrogen) atoms. The van der Waals surface area contributed by atoms with Gasteiger partial charge in [-0.3, -0.25) is 0 Å². The highest BCUT2D eigenvalue weighted by atomic mass is 35.5. The molecule has 0 spiro atoms. The number of hydrogen-bond donors (Lipinski definition) is 2. The summed E-state index contributed by atoms with van der Waals surface area (Å²) in [6.07, 6.45) is 0.217. The van der Waals surface area contributed by atoms with Crippen LogP contribution in [0.5, 0.6) is 0 Å². The largest absolute Gasteiger partial charge is 0.391 e. The monoisotopic (exact) mass is 217 g/mol. The van der Waals surface area contributed by atoms with Crippen molar-refractivity contribution in [1.82, 2.24) is 0 Å². The third-order valence-electron chi connectivity index (χ3n) is 1.93. The molecule has 1 atom stereocenters. The molecular weight excluding hydrogens is 205 g/mol. The smallest absolute Gasteiger partial charge is 0.125 e. The average molecular weight is 218 g/mol. The fraction of sp³-hybridized carbons (Fsp3) is 0.400. The molecule has 1 unspecified atom stereocenters. The van der Waals surface area contributed by atoms with E-state index in [1.54, 1.807) is 0 Å². The standard InChI is InChI=1S/C10H13ClFNO/c1-2-8(14)6-13-10-5-7(12)3-4-9(10)11/h3-5,8,13-14H,2,6H2,1H3. The maximum Gasteiger partial charge on any atom is 0.125 e. The molecule has 0 amide bonds. The minimum atomic E-state index is -0.436. The predicted molar refractivity (Wildman–Crippen MR) is 56.2 cm³/mol. The molecule has 4 heteroatoms. The Balaban J connectivity index is 2.62. The van der Waals surface area contributed by atoms with Crippen molar-refractivity contribution >= 4 is 17.3 Å². The van der Waals surface area contributed by atoms with Gasteiger partial charge in [-0.05, 0) is 24.6 Å².